The van der Waals surface area contributed by atoms with Crippen LogP contribution < -0.4 is 0 Å². The summed E-state index contributed by atoms with van der Waals surface area (Å²) in [5, 5.41) is 0. The zero-order valence-corrected chi connectivity index (χ0v) is 14.4. The van der Waals surface area contributed by atoms with Crippen LogP contribution in [0.25, 0.3) is 0 Å². The molecule has 0 fully saturated rings. The highest BCUT2D eigenvalue weighted by atomic mass is 127. The fraction of sp³-hybridized carbons (Fsp3) is 0.0833. The molecular formula is C12H7BrFI2N. The first-order valence-corrected chi connectivity index (χ1v) is 7.71. The molecule has 1 aromatic carbocycles. The summed E-state index contributed by atoms with van der Waals surface area (Å²) in [5.74, 6) is -0.215. The Bertz CT molecular complexity index is 531. The van der Waals surface area contributed by atoms with Gasteiger partial charge in [-0.15, -0.1) is 0 Å². The number of hydrogen-bond acceptors (Lipinski definition) is 1. The molecule has 0 radical (unpaired) electrons. The van der Waals surface area contributed by atoms with E-state index in [0.717, 1.165) is 5.56 Å². The van der Waals surface area contributed by atoms with Crippen LogP contribution in [-0.2, 0) is 1.43 Å². The van der Waals surface area contributed by atoms with Gasteiger partial charge in [0.1, 0.15) is 7.25 Å². The van der Waals surface area contributed by atoms with Crippen molar-refractivity contribution >= 4 is 61.1 Å². The Morgan fingerprint density at radius 2 is 1.76 bits per heavy atom. The maximum Gasteiger partial charge on any atom is 0.143 e. The summed E-state index contributed by atoms with van der Waals surface area (Å²) in [6.07, 6.45) is 3.44. The van der Waals surface area contributed by atoms with Crippen LogP contribution in [0, 0.1) is 5.82 Å². The molecule has 0 N–H and O–H groups in total. The average Bonchev–Trinajstić information content (AvgIpc) is 2.33. The third-order valence-corrected chi connectivity index (χ3v) is 5.35. The first-order valence-electron chi connectivity index (χ1n) is 4.76. The number of hydrogen-bond donors (Lipinski definition) is 0. The number of aromatic nitrogens is 1. The third kappa shape index (κ3) is 2.81. The minimum atomic E-state index is -0.438. The fourth-order valence-corrected chi connectivity index (χ4v) is 3.38. The molecule has 0 unspecified atom stereocenters. The van der Waals surface area contributed by atoms with Crippen LogP contribution in [-0.4, -0.2) is 4.98 Å². The second kappa shape index (κ2) is 5.48. The minimum absolute atomic E-state index is 0.215. The Morgan fingerprint density at radius 1 is 1.12 bits per heavy atom. The van der Waals surface area contributed by atoms with Gasteiger partial charge in [-0.25, -0.2) is 4.39 Å². The standard InChI is InChI=1S/C12H7BrFI2N/c13-10-3-1-2-9(11(10)14)12(15,16)8-4-6-17-7-5-8/h1-7H. The van der Waals surface area contributed by atoms with E-state index >= 15 is 0 Å². The maximum absolute atomic E-state index is 14.1. The van der Waals surface area contributed by atoms with Crippen LogP contribution >= 0.6 is 61.1 Å². The quantitative estimate of drug-likeness (QED) is 0.401. The highest BCUT2D eigenvalue weighted by molar-refractivity contribution is 14.2. The predicted molar refractivity (Wildman–Crippen MR) is 87.2 cm³/mol. The van der Waals surface area contributed by atoms with Crippen molar-refractivity contribution in [1.29, 1.82) is 0 Å². The molecule has 0 aliphatic carbocycles. The lowest BCUT2D eigenvalue weighted by Gasteiger charge is -2.22. The minimum Gasteiger partial charge on any atom is -0.265 e. The molecule has 0 aliphatic rings. The van der Waals surface area contributed by atoms with Crippen LogP contribution in [0.5, 0.6) is 0 Å². The van der Waals surface area contributed by atoms with Gasteiger partial charge in [0.2, 0.25) is 0 Å². The number of rotatable bonds is 2. The zero-order chi connectivity index (χ0) is 12.5. The summed E-state index contributed by atoms with van der Waals surface area (Å²) in [5.41, 5.74) is 1.67. The lowest BCUT2D eigenvalue weighted by Crippen LogP contribution is -2.13. The molecule has 1 nitrogen and oxygen atoms in total. The van der Waals surface area contributed by atoms with E-state index in [1.165, 1.54) is 0 Å². The molecule has 0 aliphatic heterocycles. The Hall–Kier alpha value is 0.240. The van der Waals surface area contributed by atoms with Crippen LogP contribution in [0.15, 0.2) is 47.2 Å². The smallest absolute Gasteiger partial charge is 0.143 e. The zero-order valence-electron chi connectivity index (χ0n) is 8.50. The maximum atomic E-state index is 14.1. The Balaban J connectivity index is 2.56. The number of alkyl halides is 2. The summed E-state index contributed by atoms with van der Waals surface area (Å²) < 4.78 is 14.2. The molecule has 17 heavy (non-hydrogen) atoms. The van der Waals surface area contributed by atoms with E-state index in [0.29, 0.717) is 10.0 Å². The largest absolute Gasteiger partial charge is 0.265 e. The van der Waals surface area contributed by atoms with E-state index in [1.807, 2.05) is 18.2 Å². The van der Waals surface area contributed by atoms with Gasteiger partial charge in [0.05, 0.1) is 4.47 Å². The molecule has 1 aromatic heterocycles. The normalized spacial score (nSPS) is 11.5. The Morgan fingerprint density at radius 3 is 2.41 bits per heavy atom. The molecule has 2 rings (SSSR count). The molecule has 5 heteroatoms. The van der Waals surface area contributed by atoms with Crippen LogP contribution in [0.2, 0.25) is 0 Å². The highest BCUT2D eigenvalue weighted by Crippen LogP contribution is 2.47. The van der Waals surface area contributed by atoms with Gasteiger partial charge in [-0.05, 0) is 39.7 Å². The number of pyridine rings is 1. The van der Waals surface area contributed by atoms with E-state index in [-0.39, 0.29) is 5.82 Å². The van der Waals surface area contributed by atoms with Gasteiger partial charge in [0.15, 0.2) is 0 Å². The van der Waals surface area contributed by atoms with Gasteiger partial charge >= 0.3 is 0 Å². The van der Waals surface area contributed by atoms with Crippen LogP contribution in [0.3, 0.4) is 0 Å². The van der Waals surface area contributed by atoms with Gasteiger partial charge in [-0.1, -0.05) is 57.3 Å². The summed E-state index contributed by atoms with van der Waals surface area (Å²) in [6.45, 7) is 0. The number of benzene rings is 1. The highest BCUT2D eigenvalue weighted by Gasteiger charge is 2.31. The van der Waals surface area contributed by atoms with Crippen molar-refractivity contribution in [2.24, 2.45) is 0 Å². The number of nitrogens with zero attached hydrogens (tertiary/aromatic N) is 1. The monoisotopic (exact) mass is 517 g/mol. The van der Waals surface area contributed by atoms with E-state index in [1.54, 1.807) is 24.5 Å². The first kappa shape index (κ1) is 13.7. The molecule has 0 amide bonds. The van der Waals surface area contributed by atoms with Gasteiger partial charge in [0, 0.05) is 18.0 Å². The molecular weight excluding hydrogens is 511 g/mol. The van der Waals surface area contributed by atoms with Gasteiger partial charge < -0.3 is 0 Å². The van der Waals surface area contributed by atoms with E-state index < -0.39 is 1.43 Å². The lowest BCUT2D eigenvalue weighted by molar-refractivity contribution is 0.606. The molecule has 2 aromatic rings. The van der Waals surface area contributed by atoms with E-state index in [2.05, 4.69) is 66.1 Å². The average molecular weight is 518 g/mol. The number of halogens is 4. The SMILES string of the molecule is Fc1c(Br)cccc1C(I)(I)c1ccncc1. The molecule has 1 heterocycles. The second-order valence-corrected chi connectivity index (χ2v) is 9.57. The van der Waals surface area contributed by atoms with Crippen LogP contribution in [0.1, 0.15) is 11.1 Å². The van der Waals surface area contributed by atoms with Crippen molar-refractivity contribution in [1.82, 2.24) is 4.98 Å². The Kier molecular flexibility index (Phi) is 4.40. The van der Waals surface area contributed by atoms with E-state index in [9.17, 15) is 4.39 Å². The van der Waals surface area contributed by atoms with Gasteiger partial charge in [-0.2, -0.15) is 0 Å². The van der Waals surface area contributed by atoms with Crippen molar-refractivity contribution in [2.75, 3.05) is 0 Å². The first-order chi connectivity index (χ1) is 8.03. The molecule has 88 valence electrons. The summed E-state index contributed by atoms with van der Waals surface area (Å²) in [4.78, 5) is 3.98. The third-order valence-electron chi connectivity index (χ3n) is 2.33. The van der Waals surface area contributed by atoms with Crippen LogP contribution in [0.4, 0.5) is 4.39 Å². The second-order valence-electron chi connectivity index (χ2n) is 3.41. The Labute approximate surface area is 135 Å². The van der Waals surface area contributed by atoms with Crippen molar-refractivity contribution in [2.45, 2.75) is 1.43 Å². The topological polar surface area (TPSA) is 12.9 Å². The predicted octanol–water partition coefficient (Wildman–Crippen LogP) is 5.05. The molecule has 0 saturated carbocycles. The molecule has 0 bridgehead atoms. The lowest BCUT2D eigenvalue weighted by atomic mass is 10.1. The van der Waals surface area contributed by atoms with E-state index in [4.69, 9.17) is 0 Å². The summed E-state index contributed by atoms with van der Waals surface area (Å²) in [7, 11) is 0. The van der Waals surface area contributed by atoms with Crippen molar-refractivity contribution < 1.29 is 4.39 Å². The summed E-state index contributed by atoms with van der Waals surface area (Å²) in [6, 6.07) is 9.16. The van der Waals surface area contributed by atoms with Crippen molar-refractivity contribution in [3.05, 3.63) is 64.1 Å². The molecule has 0 spiro atoms. The van der Waals surface area contributed by atoms with Crippen molar-refractivity contribution in [3.8, 4) is 0 Å². The van der Waals surface area contributed by atoms with Gasteiger partial charge in [-0.3, -0.25) is 4.98 Å². The molecule has 0 saturated heterocycles. The fourth-order valence-electron chi connectivity index (χ4n) is 1.46. The van der Waals surface area contributed by atoms with Crippen molar-refractivity contribution in [3.63, 3.8) is 0 Å². The summed E-state index contributed by atoms with van der Waals surface area (Å²) >= 11 is 7.71. The molecule has 0 atom stereocenters. The van der Waals surface area contributed by atoms with Gasteiger partial charge in [0.25, 0.3) is 0 Å².